The lowest BCUT2D eigenvalue weighted by molar-refractivity contribution is -0.119. The molecule has 0 aliphatic carbocycles. The molecule has 0 fully saturated rings. The molecule has 2 aromatic rings. The quantitative estimate of drug-likeness (QED) is 0.338. The van der Waals surface area contributed by atoms with Crippen molar-refractivity contribution in [3.8, 4) is 0 Å². The number of carbonyl (C=O) groups is 2. The summed E-state index contributed by atoms with van der Waals surface area (Å²) in [5.41, 5.74) is 0.570. The number of fused-ring (bicyclic) bond motifs is 1. The molecule has 0 saturated carbocycles. The van der Waals surface area contributed by atoms with E-state index in [9.17, 15) is 14.4 Å². The molecule has 1 atom stereocenters. The Hall–Kier alpha value is -2.35. The molecule has 8 heteroatoms. The fourth-order valence-electron chi connectivity index (χ4n) is 3.18. The zero-order chi connectivity index (χ0) is 23.1. The Morgan fingerprint density at radius 2 is 1.84 bits per heavy atom. The van der Waals surface area contributed by atoms with Crippen molar-refractivity contribution in [2.75, 3.05) is 12.9 Å². The summed E-state index contributed by atoms with van der Waals surface area (Å²) >= 11 is 1.24. The van der Waals surface area contributed by atoms with Crippen molar-refractivity contribution < 1.29 is 14.3 Å². The number of carbonyl (C=O) groups excluding carboxylic acids is 2. The molecule has 7 nitrogen and oxygen atoms in total. The van der Waals surface area contributed by atoms with E-state index in [1.807, 2.05) is 20.8 Å². The number of thioether (sulfide) groups is 1. The van der Waals surface area contributed by atoms with Crippen molar-refractivity contribution in [2.45, 2.75) is 65.2 Å². The van der Waals surface area contributed by atoms with Crippen LogP contribution in [0.3, 0.4) is 0 Å². The van der Waals surface area contributed by atoms with Gasteiger partial charge < -0.3 is 10.1 Å². The fraction of sp³-hybridized carbons (Fsp3) is 0.565. The lowest BCUT2D eigenvalue weighted by Crippen LogP contribution is -2.34. The van der Waals surface area contributed by atoms with E-state index < -0.39 is 5.97 Å². The Morgan fingerprint density at radius 3 is 2.45 bits per heavy atom. The number of benzene rings is 1. The zero-order valence-corrected chi connectivity index (χ0v) is 20.0. The molecule has 0 bridgehead atoms. The third kappa shape index (κ3) is 7.09. The van der Waals surface area contributed by atoms with Gasteiger partial charge in [-0.3, -0.25) is 14.2 Å². The second-order valence-electron chi connectivity index (χ2n) is 8.66. The van der Waals surface area contributed by atoms with Gasteiger partial charge in [0.2, 0.25) is 5.91 Å². The van der Waals surface area contributed by atoms with Gasteiger partial charge in [0.1, 0.15) is 0 Å². The van der Waals surface area contributed by atoms with Crippen molar-refractivity contribution >= 4 is 34.5 Å². The summed E-state index contributed by atoms with van der Waals surface area (Å²) < 4.78 is 6.38. The maximum Gasteiger partial charge on any atom is 0.337 e. The van der Waals surface area contributed by atoms with Crippen LogP contribution in [-0.4, -0.2) is 40.3 Å². The van der Waals surface area contributed by atoms with Crippen LogP contribution in [0.2, 0.25) is 0 Å². The van der Waals surface area contributed by atoms with Crippen LogP contribution in [0.4, 0.5) is 0 Å². The Morgan fingerprint density at radius 1 is 1.13 bits per heavy atom. The molecule has 1 aromatic heterocycles. The minimum Gasteiger partial charge on any atom is -0.465 e. The van der Waals surface area contributed by atoms with Crippen molar-refractivity contribution in [3.63, 3.8) is 0 Å². The Balaban J connectivity index is 2.27. The van der Waals surface area contributed by atoms with Gasteiger partial charge in [0, 0.05) is 12.6 Å². The predicted octanol–water partition coefficient (Wildman–Crippen LogP) is 3.87. The average Bonchev–Trinajstić information content (AvgIpc) is 2.71. The largest absolute Gasteiger partial charge is 0.465 e. The van der Waals surface area contributed by atoms with Gasteiger partial charge in [0.25, 0.3) is 5.56 Å². The Kier molecular flexibility index (Phi) is 9.10. The number of methoxy groups -OCH3 is 1. The molecule has 2 rings (SSSR count). The molecule has 170 valence electrons. The first-order valence-electron chi connectivity index (χ1n) is 10.7. The number of esters is 1. The van der Waals surface area contributed by atoms with Gasteiger partial charge >= 0.3 is 5.97 Å². The highest BCUT2D eigenvalue weighted by Gasteiger charge is 2.17. The second kappa shape index (κ2) is 11.3. The van der Waals surface area contributed by atoms with Gasteiger partial charge in [0.05, 0.1) is 29.3 Å². The number of ether oxygens (including phenoxy) is 1. The van der Waals surface area contributed by atoms with E-state index in [-0.39, 0.29) is 29.2 Å². The third-order valence-electron chi connectivity index (χ3n) is 4.81. The Bertz CT molecular complexity index is 985. The van der Waals surface area contributed by atoms with Gasteiger partial charge in [-0.25, -0.2) is 9.78 Å². The van der Waals surface area contributed by atoms with Crippen molar-refractivity contribution in [1.29, 1.82) is 0 Å². The number of aromatic nitrogens is 2. The molecule has 0 saturated heterocycles. The molecule has 31 heavy (non-hydrogen) atoms. The predicted molar refractivity (Wildman–Crippen MR) is 125 cm³/mol. The van der Waals surface area contributed by atoms with E-state index in [0.29, 0.717) is 34.1 Å². The van der Waals surface area contributed by atoms with Crippen LogP contribution < -0.4 is 10.9 Å². The summed E-state index contributed by atoms with van der Waals surface area (Å²) in [4.78, 5) is 42.0. The number of nitrogens with zero attached hydrogens (tertiary/aromatic N) is 2. The number of hydrogen-bond donors (Lipinski definition) is 1. The fourth-order valence-corrected chi connectivity index (χ4v) is 4.00. The van der Waals surface area contributed by atoms with Crippen molar-refractivity contribution in [3.05, 3.63) is 34.1 Å². The van der Waals surface area contributed by atoms with Crippen LogP contribution in [0, 0.1) is 11.8 Å². The number of hydrogen-bond acceptors (Lipinski definition) is 6. The highest BCUT2D eigenvalue weighted by molar-refractivity contribution is 7.99. The molecular formula is C23H33N3O4S. The van der Waals surface area contributed by atoms with Crippen LogP contribution in [0.25, 0.3) is 10.9 Å². The zero-order valence-electron chi connectivity index (χ0n) is 19.2. The topological polar surface area (TPSA) is 90.3 Å². The van der Waals surface area contributed by atoms with E-state index in [4.69, 9.17) is 4.74 Å². The van der Waals surface area contributed by atoms with Crippen LogP contribution in [0.15, 0.2) is 28.2 Å². The lowest BCUT2D eigenvalue weighted by atomic mass is 10.0. The molecule has 0 spiro atoms. The summed E-state index contributed by atoms with van der Waals surface area (Å²) in [6.07, 6.45) is 1.98. The molecular weight excluding hydrogens is 414 g/mol. The van der Waals surface area contributed by atoms with Gasteiger partial charge in [-0.2, -0.15) is 0 Å². The first-order chi connectivity index (χ1) is 14.6. The molecule has 1 amide bonds. The average molecular weight is 448 g/mol. The van der Waals surface area contributed by atoms with E-state index >= 15 is 0 Å². The summed E-state index contributed by atoms with van der Waals surface area (Å²) in [6.45, 7) is 10.9. The Labute approximate surface area is 188 Å². The van der Waals surface area contributed by atoms with Crippen molar-refractivity contribution in [1.82, 2.24) is 14.9 Å². The van der Waals surface area contributed by atoms with Gasteiger partial charge in [-0.15, -0.1) is 0 Å². The van der Waals surface area contributed by atoms with E-state index in [0.717, 1.165) is 12.8 Å². The molecule has 1 N–H and O–H groups in total. The molecule has 1 heterocycles. The molecule has 1 aromatic carbocycles. The summed E-state index contributed by atoms with van der Waals surface area (Å²) in [5.74, 6) is 0.416. The first kappa shape index (κ1) is 24.9. The monoisotopic (exact) mass is 447 g/mol. The minimum absolute atomic E-state index is 0.0880. The third-order valence-corrected chi connectivity index (χ3v) is 5.78. The summed E-state index contributed by atoms with van der Waals surface area (Å²) in [7, 11) is 1.31. The summed E-state index contributed by atoms with van der Waals surface area (Å²) in [5, 5.41) is 3.92. The molecule has 0 radical (unpaired) electrons. The maximum atomic E-state index is 13.1. The highest BCUT2D eigenvalue weighted by Crippen LogP contribution is 2.20. The second-order valence-corrected chi connectivity index (χ2v) is 9.60. The van der Waals surface area contributed by atoms with Gasteiger partial charge in [-0.1, -0.05) is 39.5 Å². The van der Waals surface area contributed by atoms with E-state index in [1.54, 1.807) is 22.8 Å². The molecule has 1 unspecified atom stereocenters. The maximum absolute atomic E-state index is 13.1. The molecule has 0 aliphatic heterocycles. The first-order valence-corrected chi connectivity index (χ1v) is 11.7. The lowest BCUT2D eigenvalue weighted by Gasteiger charge is -2.17. The van der Waals surface area contributed by atoms with E-state index in [2.05, 4.69) is 24.1 Å². The van der Waals surface area contributed by atoms with Crippen molar-refractivity contribution in [2.24, 2.45) is 11.8 Å². The smallest absolute Gasteiger partial charge is 0.337 e. The van der Waals surface area contributed by atoms with Gasteiger partial charge in [-0.05, 0) is 49.8 Å². The van der Waals surface area contributed by atoms with Gasteiger partial charge in [0.15, 0.2) is 5.16 Å². The standard InChI is InChI=1S/C23H33N3O4S/c1-14(2)7-8-16(5)24-20(27)13-31-23-25-19-11-17(22(29)30-6)9-10-18(19)21(28)26(23)12-15(3)4/h9-11,14-16H,7-8,12-13H2,1-6H3,(H,24,27). The SMILES string of the molecule is COC(=O)c1ccc2c(=O)n(CC(C)C)c(SCC(=O)NC(C)CCC(C)C)nc2c1. The minimum atomic E-state index is -0.487. The van der Waals surface area contributed by atoms with E-state index in [1.165, 1.54) is 18.9 Å². The molecule has 0 aliphatic rings. The van der Waals surface area contributed by atoms with Crippen LogP contribution >= 0.6 is 11.8 Å². The van der Waals surface area contributed by atoms with Crippen LogP contribution in [0.1, 0.15) is 57.8 Å². The van der Waals surface area contributed by atoms with Crippen LogP contribution in [-0.2, 0) is 16.1 Å². The number of nitrogens with one attached hydrogen (secondary N) is 1. The number of amides is 1. The highest BCUT2D eigenvalue weighted by atomic mass is 32.2. The summed E-state index contributed by atoms with van der Waals surface area (Å²) in [6, 6.07) is 4.82. The number of rotatable bonds is 10. The van der Waals surface area contributed by atoms with Crippen LogP contribution in [0.5, 0.6) is 0 Å². The normalized spacial score (nSPS) is 12.4.